The second-order valence-corrected chi connectivity index (χ2v) is 4.60. The average molecular weight is 287 g/mol. The minimum atomic E-state index is 0.250. The van der Waals surface area contributed by atoms with E-state index in [0.717, 1.165) is 24.4 Å². The molecule has 1 aromatic heterocycles. The number of rotatable bonds is 5. The molecule has 3 rings (SSSR count). The van der Waals surface area contributed by atoms with Gasteiger partial charge in [0.1, 0.15) is 12.0 Å². The van der Waals surface area contributed by atoms with Crippen molar-refractivity contribution in [2.45, 2.75) is 13.3 Å². The average Bonchev–Trinajstić information content (AvgIpc) is 2.96. The van der Waals surface area contributed by atoms with Crippen molar-refractivity contribution in [1.29, 1.82) is 0 Å². The smallest absolute Gasteiger partial charge is 0.231 e. The van der Waals surface area contributed by atoms with Gasteiger partial charge in [-0.1, -0.05) is 6.92 Å². The Morgan fingerprint density at radius 2 is 2.00 bits per heavy atom. The second kappa shape index (κ2) is 5.74. The van der Waals surface area contributed by atoms with Crippen LogP contribution in [0.2, 0.25) is 0 Å². The minimum Gasteiger partial charge on any atom is -0.454 e. The van der Waals surface area contributed by atoms with Crippen molar-refractivity contribution < 1.29 is 9.47 Å². The lowest BCUT2D eigenvalue weighted by Crippen LogP contribution is -2.08. The Morgan fingerprint density at radius 1 is 1.19 bits per heavy atom. The van der Waals surface area contributed by atoms with E-state index in [-0.39, 0.29) is 6.79 Å². The number of anilines is 4. The normalized spacial score (nSPS) is 12.2. The Balaban J connectivity index is 1.81. The number of benzene rings is 1. The Bertz CT molecular complexity index is 647. The first-order chi connectivity index (χ1) is 10.3. The molecular formula is C14H17N5O2. The number of nitrogens with one attached hydrogen (secondary N) is 2. The monoisotopic (exact) mass is 287 g/mol. The molecule has 0 radical (unpaired) electrons. The first-order valence-electron chi connectivity index (χ1n) is 6.79. The molecule has 0 amide bonds. The highest BCUT2D eigenvalue weighted by Crippen LogP contribution is 2.35. The first-order valence-corrected chi connectivity index (χ1v) is 6.79. The molecule has 0 bridgehead atoms. The van der Waals surface area contributed by atoms with Crippen LogP contribution in [0.25, 0.3) is 0 Å². The number of hydrogen-bond acceptors (Lipinski definition) is 7. The van der Waals surface area contributed by atoms with Crippen molar-refractivity contribution in [3.05, 3.63) is 24.5 Å². The summed E-state index contributed by atoms with van der Waals surface area (Å²) in [5, 5.41) is 6.34. The van der Waals surface area contributed by atoms with E-state index in [2.05, 4.69) is 27.5 Å². The zero-order valence-electron chi connectivity index (χ0n) is 11.7. The standard InChI is InChI=1S/C14H17N5O2/c1-2-5-16-13-12(15)14(18-7-17-13)19-9-3-4-10-11(6-9)21-8-20-10/h3-4,6-7H,2,5,8,15H2,1H3,(H2,16,17,18,19). The van der Waals surface area contributed by atoms with Gasteiger partial charge in [-0.05, 0) is 18.6 Å². The van der Waals surface area contributed by atoms with Gasteiger partial charge in [-0.25, -0.2) is 9.97 Å². The fourth-order valence-corrected chi connectivity index (χ4v) is 1.99. The highest BCUT2D eigenvalue weighted by molar-refractivity contribution is 5.78. The number of nitrogen functional groups attached to an aromatic ring is 1. The van der Waals surface area contributed by atoms with Crippen LogP contribution < -0.4 is 25.8 Å². The molecule has 1 aromatic carbocycles. The number of hydrogen-bond donors (Lipinski definition) is 3. The summed E-state index contributed by atoms with van der Waals surface area (Å²) in [6.07, 6.45) is 2.47. The van der Waals surface area contributed by atoms with Crippen molar-refractivity contribution in [3.8, 4) is 11.5 Å². The molecule has 4 N–H and O–H groups in total. The van der Waals surface area contributed by atoms with Crippen LogP contribution in [0, 0.1) is 0 Å². The molecule has 0 unspecified atom stereocenters. The topological polar surface area (TPSA) is 94.3 Å². The molecule has 0 aliphatic carbocycles. The van der Waals surface area contributed by atoms with E-state index in [1.807, 2.05) is 18.2 Å². The summed E-state index contributed by atoms with van der Waals surface area (Å²) >= 11 is 0. The molecule has 1 aliphatic rings. The quantitative estimate of drug-likeness (QED) is 0.777. The Labute approximate surface area is 122 Å². The van der Waals surface area contributed by atoms with Crippen molar-refractivity contribution in [2.24, 2.45) is 0 Å². The summed E-state index contributed by atoms with van der Waals surface area (Å²) in [4.78, 5) is 8.32. The van der Waals surface area contributed by atoms with Gasteiger partial charge in [0.2, 0.25) is 6.79 Å². The summed E-state index contributed by atoms with van der Waals surface area (Å²) in [5.41, 5.74) is 7.39. The third-order valence-electron chi connectivity index (χ3n) is 3.06. The molecule has 110 valence electrons. The van der Waals surface area contributed by atoms with Crippen molar-refractivity contribution in [1.82, 2.24) is 9.97 Å². The van der Waals surface area contributed by atoms with Crippen molar-refractivity contribution in [2.75, 3.05) is 29.7 Å². The molecule has 0 saturated carbocycles. The molecule has 2 heterocycles. The Kier molecular flexibility index (Phi) is 3.63. The molecular weight excluding hydrogens is 270 g/mol. The van der Waals surface area contributed by atoms with E-state index in [9.17, 15) is 0 Å². The summed E-state index contributed by atoms with van der Waals surface area (Å²) in [6, 6.07) is 5.58. The van der Waals surface area contributed by atoms with E-state index in [1.165, 1.54) is 6.33 Å². The maximum atomic E-state index is 6.08. The Morgan fingerprint density at radius 3 is 2.86 bits per heavy atom. The predicted octanol–water partition coefficient (Wildman–Crippen LogP) is 2.35. The summed E-state index contributed by atoms with van der Waals surface area (Å²) < 4.78 is 10.6. The number of fused-ring (bicyclic) bond motifs is 1. The van der Waals surface area contributed by atoms with Crippen LogP contribution in [0.3, 0.4) is 0 Å². The van der Waals surface area contributed by atoms with Crippen LogP contribution in [0.15, 0.2) is 24.5 Å². The number of aromatic nitrogens is 2. The van der Waals surface area contributed by atoms with Crippen LogP contribution in [-0.2, 0) is 0 Å². The summed E-state index contributed by atoms with van der Waals surface area (Å²) in [6.45, 7) is 3.14. The maximum absolute atomic E-state index is 6.08. The minimum absolute atomic E-state index is 0.250. The third kappa shape index (κ3) is 2.76. The van der Waals surface area contributed by atoms with Gasteiger partial charge >= 0.3 is 0 Å². The number of ether oxygens (including phenoxy) is 2. The lowest BCUT2D eigenvalue weighted by atomic mass is 10.2. The molecule has 2 aromatic rings. The van der Waals surface area contributed by atoms with Crippen molar-refractivity contribution >= 4 is 23.0 Å². The Hall–Kier alpha value is -2.70. The molecule has 0 spiro atoms. The highest BCUT2D eigenvalue weighted by atomic mass is 16.7. The number of nitrogens with zero attached hydrogens (tertiary/aromatic N) is 2. The highest BCUT2D eigenvalue weighted by Gasteiger charge is 2.14. The molecule has 0 saturated heterocycles. The SMILES string of the molecule is CCCNc1ncnc(Nc2ccc3c(c2)OCO3)c1N. The van der Waals surface area contributed by atoms with Gasteiger partial charge in [0.15, 0.2) is 23.1 Å². The van der Waals surface area contributed by atoms with E-state index in [4.69, 9.17) is 15.2 Å². The summed E-state index contributed by atoms with van der Waals surface area (Å²) in [7, 11) is 0. The predicted molar refractivity (Wildman–Crippen MR) is 81.1 cm³/mol. The van der Waals surface area contributed by atoms with Crippen LogP contribution in [0.4, 0.5) is 23.0 Å². The second-order valence-electron chi connectivity index (χ2n) is 4.60. The van der Waals surface area contributed by atoms with E-state index >= 15 is 0 Å². The fourth-order valence-electron chi connectivity index (χ4n) is 1.99. The molecule has 0 fully saturated rings. The fraction of sp³-hybridized carbons (Fsp3) is 0.286. The van der Waals surface area contributed by atoms with Crippen LogP contribution >= 0.6 is 0 Å². The maximum Gasteiger partial charge on any atom is 0.231 e. The van der Waals surface area contributed by atoms with E-state index < -0.39 is 0 Å². The van der Waals surface area contributed by atoms with Gasteiger partial charge in [-0.2, -0.15) is 0 Å². The molecule has 21 heavy (non-hydrogen) atoms. The van der Waals surface area contributed by atoms with Gasteiger partial charge in [0, 0.05) is 18.3 Å². The zero-order chi connectivity index (χ0) is 14.7. The van der Waals surface area contributed by atoms with Crippen LogP contribution in [-0.4, -0.2) is 23.3 Å². The van der Waals surface area contributed by atoms with Gasteiger partial charge in [-0.3, -0.25) is 0 Å². The van der Waals surface area contributed by atoms with Gasteiger partial charge in [0.05, 0.1) is 0 Å². The molecule has 7 heteroatoms. The van der Waals surface area contributed by atoms with Crippen LogP contribution in [0.1, 0.15) is 13.3 Å². The largest absolute Gasteiger partial charge is 0.454 e. The first kappa shape index (κ1) is 13.3. The number of nitrogens with two attached hydrogens (primary N) is 1. The van der Waals surface area contributed by atoms with Crippen molar-refractivity contribution in [3.63, 3.8) is 0 Å². The lowest BCUT2D eigenvalue weighted by Gasteiger charge is -2.12. The van der Waals surface area contributed by atoms with Gasteiger partial charge in [-0.15, -0.1) is 0 Å². The van der Waals surface area contributed by atoms with Gasteiger partial charge in [0.25, 0.3) is 0 Å². The van der Waals surface area contributed by atoms with Gasteiger partial charge < -0.3 is 25.8 Å². The summed E-state index contributed by atoms with van der Waals surface area (Å²) in [5.74, 6) is 2.64. The molecule has 0 atom stereocenters. The molecule has 7 nitrogen and oxygen atoms in total. The van der Waals surface area contributed by atoms with E-state index in [1.54, 1.807) is 0 Å². The zero-order valence-corrected chi connectivity index (χ0v) is 11.7. The lowest BCUT2D eigenvalue weighted by molar-refractivity contribution is 0.174. The van der Waals surface area contributed by atoms with E-state index in [0.29, 0.717) is 23.1 Å². The third-order valence-corrected chi connectivity index (χ3v) is 3.06. The molecule has 1 aliphatic heterocycles. The van der Waals surface area contributed by atoms with Crippen LogP contribution in [0.5, 0.6) is 11.5 Å².